The monoisotopic (exact) mass is 302 g/mol. The SMILES string of the molecule is N#CCOc1ccccc1C=NNC(=O)CN1CCOCC1. The maximum absolute atomic E-state index is 11.8. The standard InChI is InChI=1S/C15H18N4O3/c16-5-8-22-14-4-2-1-3-13(14)11-17-18-15(20)12-19-6-9-21-10-7-19/h1-4,11H,6-10,12H2,(H,18,20). The minimum absolute atomic E-state index is 0.0335. The highest BCUT2D eigenvalue weighted by atomic mass is 16.5. The van der Waals surface area contributed by atoms with Gasteiger partial charge in [0.1, 0.15) is 11.8 Å². The van der Waals surface area contributed by atoms with Gasteiger partial charge < -0.3 is 9.47 Å². The highest BCUT2D eigenvalue weighted by Gasteiger charge is 2.13. The van der Waals surface area contributed by atoms with E-state index >= 15 is 0 Å². The number of morpholine rings is 1. The van der Waals surface area contributed by atoms with Crippen molar-refractivity contribution >= 4 is 12.1 Å². The summed E-state index contributed by atoms with van der Waals surface area (Å²) in [5.74, 6) is 0.379. The molecule has 0 atom stereocenters. The second-order valence-corrected chi connectivity index (χ2v) is 4.67. The van der Waals surface area contributed by atoms with Crippen LogP contribution in [0.5, 0.6) is 5.75 Å². The molecule has 7 heteroatoms. The van der Waals surface area contributed by atoms with Crippen LogP contribution in [0.1, 0.15) is 5.56 Å². The maximum atomic E-state index is 11.8. The van der Waals surface area contributed by atoms with Crippen LogP contribution in [0.4, 0.5) is 0 Å². The topological polar surface area (TPSA) is 86.9 Å². The first-order valence-corrected chi connectivity index (χ1v) is 7.00. The van der Waals surface area contributed by atoms with E-state index in [0.29, 0.717) is 31.1 Å². The lowest BCUT2D eigenvalue weighted by Crippen LogP contribution is -2.42. The van der Waals surface area contributed by atoms with E-state index in [-0.39, 0.29) is 12.5 Å². The first-order valence-electron chi connectivity index (χ1n) is 7.00. The number of hydrogen-bond acceptors (Lipinski definition) is 6. The molecule has 1 amide bonds. The Morgan fingerprint density at radius 3 is 3.00 bits per heavy atom. The summed E-state index contributed by atoms with van der Waals surface area (Å²) in [6.07, 6.45) is 1.50. The number of ether oxygens (including phenoxy) is 2. The molecule has 116 valence electrons. The summed E-state index contributed by atoms with van der Waals surface area (Å²) in [7, 11) is 0. The molecule has 22 heavy (non-hydrogen) atoms. The lowest BCUT2D eigenvalue weighted by atomic mass is 10.2. The fourth-order valence-electron chi connectivity index (χ4n) is 2.00. The van der Waals surface area contributed by atoms with E-state index in [0.717, 1.165) is 13.1 Å². The molecule has 0 radical (unpaired) electrons. The minimum Gasteiger partial charge on any atom is -0.478 e. The molecular weight excluding hydrogens is 284 g/mol. The largest absolute Gasteiger partial charge is 0.478 e. The average Bonchev–Trinajstić information content (AvgIpc) is 2.55. The number of amides is 1. The Kier molecular flexibility index (Phi) is 6.36. The summed E-state index contributed by atoms with van der Waals surface area (Å²) < 4.78 is 10.5. The number of nitrogens with one attached hydrogen (secondary N) is 1. The summed E-state index contributed by atoms with van der Waals surface area (Å²) in [6, 6.07) is 9.09. The van der Waals surface area contributed by atoms with Crippen LogP contribution < -0.4 is 10.2 Å². The predicted molar refractivity (Wildman–Crippen MR) is 80.5 cm³/mol. The number of rotatable bonds is 6. The van der Waals surface area contributed by atoms with Gasteiger partial charge in [-0.25, -0.2) is 5.43 Å². The predicted octanol–water partition coefficient (Wildman–Crippen LogP) is 0.371. The third kappa shape index (κ3) is 5.16. The molecular formula is C15H18N4O3. The smallest absolute Gasteiger partial charge is 0.254 e. The van der Waals surface area contributed by atoms with Crippen molar-refractivity contribution in [2.45, 2.75) is 0 Å². The van der Waals surface area contributed by atoms with E-state index in [1.807, 2.05) is 17.0 Å². The molecule has 0 aromatic heterocycles. The van der Waals surface area contributed by atoms with Gasteiger partial charge in [-0.1, -0.05) is 12.1 Å². The van der Waals surface area contributed by atoms with Gasteiger partial charge in [-0.2, -0.15) is 10.4 Å². The summed E-state index contributed by atoms with van der Waals surface area (Å²) in [5.41, 5.74) is 3.19. The molecule has 1 heterocycles. The van der Waals surface area contributed by atoms with Gasteiger partial charge in [-0.05, 0) is 12.1 Å². The Balaban J connectivity index is 1.84. The van der Waals surface area contributed by atoms with Crippen LogP contribution in [0, 0.1) is 11.3 Å². The van der Waals surface area contributed by atoms with Gasteiger partial charge in [0.2, 0.25) is 0 Å². The van der Waals surface area contributed by atoms with E-state index in [1.54, 1.807) is 18.2 Å². The molecule has 1 aromatic carbocycles. The zero-order chi connectivity index (χ0) is 15.6. The van der Waals surface area contributed by atoms with Crippen LogP contribution in [0.3, 0.4) is 0 Å². The van der Waals surface area contributed by atoms with Crippen molar-refractivity contribution in [1.29, 1.82) is 5.26 Å². The van der Waals surface area contributed by atoms with Gasteiger partial charge in [0, 0.05) is 18.7 Å². The van der Waals surface area contributed by atoms with Crippen molar-refractivity contribution in [2.24, 2.45) is 5.10 Å². The van der Waals surface area contributed by atoms with E-state index < -0.39 is 0 Å². The molecule has 1 aliphatic rings. The second kappa shape index (κ2) is 8.77. The Bertz CT molecular complexity index is 562. The number of carbonyl (C=O) groups is 1. The van der Waals surface area contributed by atoms with Crippen LogP contribution in [-0.2, 0) is 9.53 Å². The van der Waals surface area contributed by atoms with E-state index in [2.05, 4.69) is 10.5 Å². The molecule has 0 aliphatic carbocycles. The van der Waals surface area contributed by atoms with E-state index in [9.17, 15) is 4.79 Å². The van der Waals surface area contributed by atoms with Crippen molar-refractivity contribution in [3.8, 4) is 11.8 Å². The van der Waals surface area contributed by atoms with Gasteiger partial charge in [-0.15, -0.1) is 0 Å². The second-order valence-electron chi connectivity index (χ2n) is 4.67. The number of hydrazone groups is 1. The number of para-hydroxylation sites is 1. The van der Waals surface area contributed by atoms with Crippen LogP contribution in [-0.4, -0.2) is 56.5 Å². The Hall–Kier alpha value is -2.43. The third-order valence-electron chi connectivity index (χ3n) is 3.08. The molecule has 1 N–H and O–H groups in total. The Labute approximate surface area is 129 Å². The van der Waals surface area contributed by atoms with E-state index in [1.165, 1.54) is 6.21 Å². The van der Waals surface area contributed by atoms with Crippen LogP contribution in [0.2, 0.25) is 0 Å². The normalized spacial score (nSPS) is 15.4. The van der Waals surface area contributed by atoms with Crippen molar-refractivity contribution in [3.05, 3.63) is 29.8 Å². The van der Waals surface area contributed by atoms with Gasteiger partial charge in [0.15, 0.2) is 6.61 Å². The number of nitriles is 1. The minimum atomic E-state index is -0.173. The first kappa shape index (κ1) is 15.9. The lowest BCUT2D eigenvalue weighted by Gasteiger charge is -2.25. The molecule has 0 saturated carbocycles. The van der Waals surface area contributed by atoms with Crippen LogP contribution >= 0.6 is 0 Å². The highest BCUT2D eigenvalue weighted by molar-refractivity contribution is 5.85. The zero-order valence-electron chi connectivity index (χ0n) is 12.2. The highest BCUT2D eigenvalue weighted by Crippen LogP contribution is 2.15. The van der Waals surface area contributed by atoms with Gasteiger partial charge >= 0.3 is 0 Å². The summed E-state index contributed by atoms with van der Waals surface area (Å²) in [4.78, 5) is 13.8. The van der Waals surface area contributed by atoms with Crippen molar-refractivity contribution in [2.75, 3.05) is 39.5 Å². The molecule has 0 bridgehead atoms. The number of hydrogen-bond donors (Lipinski definition) is 1. The molecule has 0 unspecified atom stereocenters. The van der Waals surface area contributed by atoms with Gasteiger partial charge in [0.25, 0.3) is 5.91 Å². The van der Waals surface area contributed by atoms with Gasteiger partial charge in [0.05, 0.1) is 26.0 Å². The molecule has 1 saturated heterocycles. The molecule has 1 aromatic rings. The molecule has 0 spiro atoms. The van der Waals surface area contributed by atoms with Crippen molar-refractivity contribution < 1.29 is 14.3 Å². The number of carbonyl (C=O) groups excluding carboxylic acids is 1. The average molecular weight is 302 g/mol. The molecule has 2 rings (SSSR count). The Morgan fingerprint density at radius 1 is 1.45 bits per heavy atom. The fraction of sp³-hybridized carbons (Fsp3) is 0.400. The zero-order valence-corrected chi connectivity index (χ0v) is 12.2. The van der Waals surface area contributed by atoms with E-state index in [4.69, 9.17) is 14.7 Å². The number of benzene rings is 1. The maximum Gasteiger partial charge on any atom is 0.254 e. The summed E-state index contributed by atoms with van der Waals surface area (Å²) in [6.45, 7) is 3.08. The molecule has 1 aliphatic heterocycles. The van der Waals surface area contributed by atoms with Gasteiger partial charge in [-0.3, -0.25) is 9.69 Å². The van der Waals surface area contributed by atoms with Crippen LogP contribution in [0.15, 0.2) is 29.4 Å². The van der Waals surface area contributed by atoms with Crippen LogP contribution in [0.25, 0.3) is 0 Å². The third-order valence-corrected chi connectivity index (χ3v) is 3.08. The number of nitrogens with zero attached hydrogens (tertiary/aromatic N) is 3. The van der Waals surface area contributed by atoms with Crippen molar-refractivity contribution in [3.63, 3.8) is 0 Å². The van der Waals surface area contributed by atoms with Crippen molar-refractivity contribution in [1.82, 2.24) is 10.3 Å². The quantitative estimate of drug-likeness (QED) is 0.606. The molecule has 1 fully saturated rings. The summed E-state index contributed by atoms with van der Waals surface area (Å²) in [5, 5.41) is 12.5. The Morgan fingerprint density at radius 2 is 2.23 bits per heavy atom. The summed E-state index contributed by atoms with van der Waals surface area (Å²) >= 11 is 0. The molecule has 7 nitrogen and oxygen atoms in total. The fourth-order valence-corrected chi connectivity index (χ4v) is 2.00. The lowest BCUT2D eigenvalue weighted by molar-refractivity contribution is -0.123. The first-order chi connectivity index (χ1) is 10.8.